The summed E-state index contributed by atoms with van der Waals surface area (Å²) in [5.74, 6) is 0. The first-order valence-electron chi connectivity index (χ1n) is 4.64. The Morgan fingerprint density at radius 3 is 2.77 bits per heavy atom. The Labute approximate surface area is 78.1 Å². The molecule has 0 aromatic rings. The van der Waals surface area contributed by atoms with Crippen LogP contribution in [0.15, 0.2) is 4.99 Å². The van der Waals surface area contributed by atoms with Crippen molar-refractivity contribution in [3.05, 3.63) is 0 Å². The summed E-state index contributed by atoms with van der Waals surface area (Å²) in [6, 6.07) is 0.331. The van der Waals surface area contributed by atoms with Gasteiger partial charge < -0.3 is 15.2 Å². The molecule has 1 atom stereocenters. The molecule has 2 aliphatic rings. The number of nitrogens with zero attached hydrogens (tertiary/aromatic N) is 1. The van der Waals surface area contributed by atoms with Gasteiger partial charge in [0.05, 0.1) is 5.60 Å². The minimum Gasteiger partial charge on any atom is -0.463 e. The van der Waals surface area contributed by atoms with Gasteiger partial charge in [-0.1, -0.05) is 0 Å². The van der Waals surface area contributed by atoms with Gasteiger partial charge in [0.2, 0.25) is 0 Å². The van der Waals surface area contributed by atoms with Crippen molar-refractivity contribution in [3.8, 4) is 0 Å². The van der Waals surface area contributed by atoms with E-state index in [1.165, 1.54) is 0 Å². The van der Waals surface area contributed by atoms with Gasteiger partial charge in [-0.25, -0.2) is 4.99 Å². The second kappa shape index (κ2) is 2.61. The summed E-state index contributed by atoms with van der Waals surface area (Å²) in [6.07, 6.45) is 1.80. The summed E-state index contributed by atoms with van der Waals surface area (Å²) < 4.78 is 10.8. The highest BCUT2D eigenvalue weighted by molar-refractivity contribution is 5.73. The van der Waals surface area contributed by atoms with E-state index in [0.29, 0.717) is 12.6 Å². The lowest BCUT2D eigenvalue weighted by Crippen LogP contribution is -2.45. The van der Waals surface area contributed by atoms with E-state index >= 15 is 0 Å². The Hall–Kier alpha value is -0.770. The van der Waals surface area contributed by atoms with Crippen LogP contribution in [0.4, 0.5) is 0 Å². The average molecular weight is 184 g/mol. The highest BCUT2D eigenvalue weighted by atomic mass is 16.5. The molecule has 74 valence electrons. The largest absolute Gasteiger partial charge is 0.463 e. The molecule has 2 heterocycles. The lowest BCUT2D eigenvalue weighted by Gasteiger charge is -2.39. The number of hydrogen-bond acceptors (Lipinski definition) is 4. The van der Waals surface area contributed by atoms with Crippen LogP contribution >= 0.6 is 0 Å². The second-order valence-electron chi connectivity index (χ2n) is 4.50. The first-order chi connectivity index (χ1) is 6.02. The van der Waals surface area contributed by atoms with Gasteiger partial charge >= 0.3 is 0 Å². The first-order valence-corrected chi connectivity index (χ1v) is 4.64. The minimum absolute atomic E-state index is 0.101. The summed E-state index contributed by atoms with van der Waals surface area (Å²) in [7, 11) is 0. The third-order valence-corrected chi connectivity index (χ3v) is 2.65. The fourth-order valence-corrected chi connectivity index (χ4v) is 2.17. The molecule has 2 N–H and O–H groups in total. The molecule has 4 nitrogen and oxygen atoms in total. The van der Waals surface area contributed by atoms with Gasteiger partial charge in [-0.3, -0.25) is 0 Å². The Balaban J connectivity index is 2.16. The van der Waals surface area contributed by atoms with Crippen LogP contribution in [0, 0.1) is 0 Å². The summed E-state index contributed by atoms with van der Waals surface area (Å²) in [4.78, 5) is 4.37. The van der Waals surface area contributed by atoms with Crippen molar-refractivity contribution in [2.24, 2.45) is 10.7 Å². The van der Waals surface area contributed by atoms with Crippen molar-refractivity contribution in [2.75, 3.05) is 13.2 Å². The lowest BCUT2D eigenvalue weighted by atomic mass is 9.83. The van der Waals surface area contributed by atoms with Crippen LogP contribution in [-0.2, 0) is 9.47 Å². The molecule has 0 aromatic heterocycles. The molecule has 1 unspecified atom stereocenters. The maximum absolute atomic E-state index is 5.62. The third-order valence-electron chi connectivity index (χ3n) is 2.65. The number of amidine groups is 1. The molecule has 0 saturated carbocycles. The fourth-order valence-electron chi connectivity index (χ4n) is 2.17. The normalized spacial score (nSPS) is 37.2. The summed E-state index contributed by atoms with van der Waals surface area (Å²) in [6.45, 7) is 5.52. The average Bonchev–Trinajstić information content (AvgIpc) is 2.29. The number of nitrogens with two attached hydrogens (primary N) is 1. The molecule has 2 aliphatic heterocycles. The molecule has 0 amide bonds. The zero-order chi connectivity index (χ0) is 9.53. The van der Waals surface area contributed by atoms with E-state index in [2.05, 4.69) is 18.8 Å². The predicted molar refractivity (Wildman–Crippen MR) is 49.6 cm³/mol. The van der Waals surface area contributed by atoms with Crippen molar-refractivity contribution in [1.82, 2.24) is 0 Å². The number of ether oxygens (including phenoxy) is 2. The first kappa shape index (κ1) is 8.81. The van der Waals surface area contributed by atoms with Gasteiger partial charge in [0.15, 0.2) is 0 Å². The van der Waals surface area contributed by atoms with Crippen LogP contribution in [0.25, 0.3) is 0 Å². The lowest BCUT2D eigenvalue weighted by molar-refractivity contribution is -0.0823. The van der Waals surface area contributed by atoms with Crippen molar-refractivity contribution in [3.63, 3.8) is 0 Å². The molecule has 0 aliphatic carbocycles. The van der Waals surface area contributed by atoms with Crippen LogP contribution < -0.4 is 5.73 Å². The number of aliphatic imine (C=N–C) groups is 1. The topological polar surface area (TPSA) is 56.8 Å². The Morgan fingerprint density at radius 2 is 2.23 bits per heavy atom. The Kier molecular flexibility index (Phi) is 1.77. The van der Waals surface area contributed by atoms with Gasteiger partial charge in [-0.2, -0.15) is 0 Å². The van der Waals surface area contributed by atoms with E-state index in [9.17, 15) is 0 Å². The molecule has 0 radical (unpaired) electrons. The molecule has 1 fully saturated rings. The standard InChI is InChI=1S/C9H16N2O2/c1-8(2)5-9(3-4-13-8)6-12-7(10)11-9/h3-6H2,1-2H3,(H2,10,11). The van der Waals surface area contributed by atoms with Gasteiger partial charge in [0.25, 0.3) is 6.02 Å². The summed E-state index contributed by atoms with van der Waals surface area (Å²) in [5.41, 5.74) is 5.31. The quantitative estimate of drug-likeness (QED) is 0.601. The molecule has 1 saturated heterocycles. The van der Waals surface area contributed by atoms with E-state index < -0.39 is 0 Å². The van der Waals surface area contributed by atoms with Crippen molar-refractivity contribution in [1.29, 1.82) is 0 Å². The Morgan fingerprint density at radius 1 is 1.46 bits per heavy atom. The zero-order valence-corrected chi connectivity index (χ0v) is 8.17. The van der Waals surface area contributed by atoms with Crippen molar-refractivity contribution >= 4 is 6.02 Å². The van der Waals surface area contributed by atoms with E-state index in [4.69, 9.17) is 15.2 Å². The van der Waals surface area contributed by atoms with Crippen LogP contribution in [0.2, 0.25) is 0 Å². The monoisotopic (exact) mass is 184 g/mol. The molecule has 0 bridgehead atoms. The maximum Gasteiger partial charge on any atom is 0.282 e. The third kappa shape index (κ3) is 1.63. The molecular formula is C9H16N2O2. The van der Waals surface area contributed by atoms with Gasteiger partial charge in [0.1, 0.15) is 12.1 Å². The van der Waals surface area contributed by atoms with E-state index in [1.54, 1.807) is 0 Å². The number of rotatable bonds is 0. The van der Waals surface area contributed by atoms with Crippen LogP contribution in [0.5, 0.6) is 0 Å². The molecule has 1 spiro atoms. The molecule has 0 aromatic carbocycles. The maximum atomic E-state index is 5.62. The fraction of sp³-hybridized carbons (Fsp3) is 0.889. The van der Waals surface area contributed by atoms with Crippen molar-refractivity contribution < 1.29 is 9.47 Å². The molecule has 4 heteroatoms. The van der Waals surface area contributed by atoms with E-state index in [1.807, 2.05) is 0 Å². The van der Waals surface area contributed by atoms with Gasteiger partial charge in [-0.15, -0.1) is 0 Å². The number of hydrogen-bond donors (Lipinski definition) is 1. The minimum atomic E-state index is -0.105. The zero-order valence-electron chi connectivity index (χ0n) is 8.17. The van der Waals surface area contributed by atoms with Gasteiger partial charge in [-0.05, 0) is 20.3 Å². The van der Waals surface area contributed by atoms with Crippen LogP contribution in [-0.4, -0.2) is 30.4 Å². The van der Waals surface area contributed by atoms with Gasteiger partial charge in [0, 0.05) is 13.0 Å². The van der Waals surface area contributed by atoms with Crippen LogP contribution in [0.1, 0.15) is 26.7 Å². The van der Waals surface area contributed by atoms with Crippen LogP contribution in [0.3, 0.4) is 0 Å². The predicted octanol–water partition coefficient (Wildman–Crippen LogP) is 0.659. The van der Waals surface area contributed by atoms with E-state index in [-0.39, 0.29) is 11.1 Å². The molecule has 13 heavy (non-hydrogen) atoms. The Bertz CT molecular complexity index is 250. The highest BCUT2D eigenvalue weighted by Crippen LogP contribution is 2.37. The highest BCUT2D eigenvalue weighted by Gasteiger charge is 2.44. The SMILES string of the molecule is CC1(C)CC2(CCO1)COC(N)=N2. The molecular weight excluding hydrogens is 168 g/mol. The van der Waals surface area contributed by atoms with E-state index in [0.717, 1.165) is 19.4 Å². The summed E-state index contributed by atoms with van der Waals surface area (Å²) in [5, 5.41) is 0. The molecule has 2 rings (SSSR count). The summed E-state index contributed by atoms with van der Waals surface area (Å²) >= 11 is 0. The smallest absolute Gasteiger partial charge is 0.282 e. The van der Waals surface area contributed by atoms with Crippen molar-refractivity contribution in [2.45, 2.75) is 37.8 Å². The second-order valence-corrected chi connectivity index (χ2v) is 4.50.